The first-order valence-electron chi connectivity index (χ1n) is 6.29. The summed E-state index contributed by atoms with van der Waals surface area (Å²) in [5.41, 5.74) is 0.495. The van der Waals surface area contributed by atoms with Crippen LogP contribution in [0.2, 0.25) is 0 Å². The predicted octanol–water partition coefficient (Wildman–Crippen LogP) is 3.24. The normalized spacial score (nSPS) is 24.4. The van der Waals surface area contributed by atoms with Crippen molar-refractivity contribution < 1.29 is 9.53 Å². The fourth-order valence-corrected chi connectivity index (χ4v) is 2.20. The van der Waals surface area contributed by atoms with Gasteiger partial charge in [-0.1, -0.05) is 6.92 Å². The summed E-state index contributed by atoms with van der Waals surface area (Å²) in [5, 5.41) is 0. The second kappa shape index (κ2) is 5.30. The molecule has 3 nitrogen and oxygen atoms in total. The first-order valence-corrected chi connectivity index (χ1v) is 6.29. The van der Waals surface area contributed by atoms with Crippen molar-refractivity contribution in [2.45, 2.75) is 45.6 Å². The number of rotatable bonds is 3. The minimum atomic E-state index is -0.0111. The number of nitrogens with zero attached hydrogens (tertiary/aromatic N) is 1. The summed E-state index contributed by atoms with van der Waals surface area (Å²) in [6.45, 7) is 3.81. The van der Waals surface area contributed by atoms with E-state index in [0.29, 0.717) is 11.8 Å². The van der Waals surface area contributed by atoms with Gasteiger partial charge >= 0.3 is 0 Å². The molecule has 1 aromatic rings. The molecule has 0 unspecified atom stereocenters. The molecule has 1 saturated carbocycles. The van der Waals surface area contributed by atoms with E-state index in [0.717, 1.165) is 24.5 Å². The van der Waals surface area contributed by atoms with Gasteiger partial charge in [0.2, 0.25) is 0 Å². The maximum absolute atomic E-state index is 11.1. The molecule has 1 fully saturated rings. The highest BCUT2D eigenvalue weighted by atomic mass is 16.5. The van der Waals surface area contributed by atoms with E-state index in [4.69, 9.17) is 4.74 Å². The van der Waals surface area contributed by atoms with Gasteiger partial charge in [-0.3, -0.25) is 4.79 Å². The van der Waals surface area contributed by atoms with Crippen LogP contribution in [0.3, 0.4) is 0 Å². The van der Waals surface area contributed by atoms with E-state index in [1.807, 2.05) is 6.07 Å². The number of ether oxygens (including phenoxy) is 1. The minimum absolute atomic E-state index is 0.0111. The maximum Gasteiger partial charge on any atom is 0.178 e. The molecular formula is C14H19NO2. The number of hydrogen-bond acceptors (Lipinski definition) is 3. The smallest absolute Gasteiger partial charge is 0.178 e. The Morgan fingerprint density at radius 3 is 2.53 bits per heavy atom. The lowest BCUT2D eigenvalue weighted by Crippen LogP contribution is -2.23. The first-order chi connectivity index (χ1) is 8.15. The van der Waals surface area contributed by atoms with Crippen LogP contribution in [0.5, 0.6) is 5.75 Å². The standard InChI is InChI=1S/C14H19NO2/c1-10-3-5-12(6-4-10)17-13-7-8-14(11(2)16)15-9-13/h7-10,12H,3-6H2,1-2H3. The molecule has 1 aromatic heterocycles. The summed E-state index contributed by atoms with van der Waals surface area (Å²) in [5.74, 6) is 1.59. The van der Waals surface area contributed by atoms with Gasteiger partial charge in [-0.25, -0.2) is 4.98 Å². The van der Waals surface area contributed by atoms with E-state index < -0.39 is 0 Å². The third-order valence-corrected chi connectivity index (χ3v) is 3.36. The van der Waals surface area contributed by atoms with Crippen LogP contribution in [0, 0.1) is 5.92 Å². The summed E-state index contributed by atoms with van der Waals surface area (Å²) < 4.78 is 5.86. The third kappa shape index (κ3) is 3.29. The molecule has 3 heteroatoms. The van der Waals surface area contributed by atoms with E-state index in [1.165, 1.54) is 19.8 Å². The summed E-state index contributed by atoms with van der Waals surface area (Å²) in [4.78, 5) is 15.2. The number of pyridine rings is 1. The lowest BCUT2D eigenvalue weighted by molar-refractivity contribution is 0.101. The topological polar surface area (TPSA) is 39.2 Å². The number of carbonyl (C=O) groups excluding carboxylic acids is 1. The average Bonchev–Trinajstić information content (AvgIpc) is 2.33. The summed E-state index contributed by atoms with van der Waals surface area (Å²) in [6.07, 6.45) is 6.68. The minimum Gasteiger partial charge on any atom is -0.489 e. The van der Waals surface area contributed by atoms with Crippen LogP contribution in [0.15, 0.2) is 18.3 Å². The summed E-state index contributed by atoms with van der Waals surface area (Å²) in [7, 11) is 0. The summed E-state index contributed by atoms with van der Waals surface area (Å²) >= 11 is 0. The number of Topliss-reactive ketones (excluding diaryl/α,β-unsaturated/α-hetero) is 1. The van der Waals surface area contributed by atoms with Gasteiger partial charge in [-0.15, -0.1) is 0 Å². The molecule has 0 aliphatic heterocycles. The lowest BCUT2D eigenvalue weighted by atomic mass is 9.89. The lowest BCUT2D eigenvalue weighted by Gasteiger charge is -2.26. The highest BCUT2D eigenvalue weighted by molar-refractivity contribution is 5.92. The van der Waals surface area contributed by atoms with E-state index in [2.05, 4.69) is 11.9 Å². The van der Waals surface area contributed by atoms with Gasteiger partial charge in [0.15, 0.2) is 5.78 Å². The Hall–Kier alpha value is -1.38. The van der Waals surface area contributed by atoms with Crippen LogP contribution in [0.1, 0.15) is 50.0 Å². The van der Waals surface area contributed by atoms with Crippen molar-refractivity contribution in [2.75, 3.05) is 0 Å². The molecule has 1 aliphatic carbocycles. The van der Waals surface area contributed by atoms with Crippen LogP contribution < -0.4 is 4.74 Å². The number of aromatic nitrogens is 1. The Balaban J connectivity index is 1.92. The van der Waals surface area contributed by atoms with E-state index in [-0.39, 0.29) is 5.78 Å². The quantitative estimate of drug-likeness (QED) is 0.752. The fourth-order valence-electron chi connectivity index (χ4n) is 2.20. The highest BCUT2D eigenvalue weighted by Gasteiger charge is 2.19. The molecule has 92 valence electrons. The van der Waals surface area contributed by atoms with Crippen molar-refractivity contribution in [3.05, 3.63) is 24.0 Å². The van der Waals surface area contributed by atoms with Crippen LogP contribution in [-0.4, -0.2) is 16.9 Å². The first kappa shape index (κ1) is 12.1. The zero-order valence-electron chi connectivity index (χ0n) is 10.5. The molecule has 0 aromatic carbocycles. The SMILES string of the molecule is CC(=O)c1ccc(OC2CCC(C)CC2)cn1. The van der Waals surface area contributed by atoms with Crippen LogP contribution in [0.25, 0.3) is 0 Å². The highest BCUT2D eigenvalue weighted by Crippen LogP contribution is 2.26. The van der Waals surface area contributed by atoms with Gasteiger partial charge in [-0.05, 0) is 43.7 Å². The van der Waals surface area contributed by atoms with Gasteiger partial charge in [0.1, 0.15) is 11.4 Å². The summed E-state index contributed by atoms with van der Waals surface area (Å²) in [6, 6.07) is 3.56. The van der Waals surface area contributed by atoms with E-state index in [1.54, 1.807) is 12.3 Å². The molecule has 0 bridgehead atoms. The zero-order chi connectivity index (χ0) is 12.3. The largest absolute Gasteiger partial charge is 0.489 e. The molecule has 1 heterocycles. The Morgan fingerprint density at radius 2 is 2.00 bits per heavy atom. The number of hydrogen-bond donors (Lipinski definition) is 0. The van der Waals surface area contributed by atoms with Crippen molar-refractivity contribution >= 4 is 5.78 Å². The molecule has 0 N–H and O–H groups in total. The Bertz CT molecular complexity index is 378. The molecule has 0 saturated heterocycles. The van der Waals surface area contributed by atoms with Gasteiger partial charge in [0, 0.05) is 6.92 Å². The molecule has 0 atom stereocenters. The van der Waals surface area contributed by atoms with E-state index in [9.17, 15) is 4.79 Å². The van der Waals surface area contributed by atoms with E-state index >= 15 is 0 Å². The number of carbonyl (C=O) groups is 1. The van der Waals surface area contributed by atoms with Crippen molar-refractivity contribution in [3.63, 3.8) is 0 Å². The second-order valence-corrected chi connectivity index (χ2v) is 4.94. The van der Waals surface area contributed by atoms with Crippen molar-refractivity contribution in [2.24, 2.45) is 5.92 Å². The zero-order valence-corrected chi connectivity index (χ0v) is 10.5. The molecule has 1 aliphatic rings. The van der Waals surface area contributed by atoms with Gasteiger partial charge < -0.3 is 4.74 Å². The Morgan fingerprint density at radius 1 is 1.29 bits per heavy atom. The van der Waals surface area contributed by atoms with Crippen LogP contribution in [0.4, 0.5) is 0 Å². The molecule has 2 rings (SSSR count). The Kier molecular flexibility index (Phi) is 3.77. The van der Waals surface area contributed by atoms with Gasteiger partial charge in [0.25, 0.3) is 0 Å². The number of ketones is 1. The third-order valence-electron chi connectivity index (χ3n) is 3.36. The van der Waals surface area contributed by atoms with Crippen LogP contribution in [-0.2, 0) is 0 Å². The molecule has 0 spiro atoms. The van der Waals surface area contributed by atoms with Crippen molar-refractivity contribution in [1.29, 1.82) is 0 Å². The molecular weight excluding hydrogens is 214 g/mol. The molecule has 0 amide bonds. The van der Waals surface area contributed by atoms with Crippen molar-refractivity contribution in [3.8, 4) is 5.75 Å². The second-order valence-electron chi connectivity index (χ2n) is 4.94. The molecule has 0 radical (unpaired) electrons. The van der Waals surface area contributed by atoms with Crippen LogP contribution >= 0.6 is 0 Å². The Labute approximate surface area is 102 Å². The van der Waals surface area contributed by atoms with Gasteiger partial charge in [0.05, 0.1) is 12.3 Å². The monoisotopic (exact) mass is 233 g/mol. The molecule has 17 heavy (non-hydrogen) atoms. The maximum atomic E-state index is 11.1. The predicted molar refractivity (Wildman–Crippen MR) is 66.3 cm³/mol. The van der Waals surface area contributed by atoms with Gasteiger partial charge in [-0.2, -0.15) is 0 Å². The fraction of sp³-hybridized carbons (Fsp3) is 0.571. The van der Waals surface area contributed by atoms with Crippen molar-refractivity contribution in [1.82, 2.24) is 4.98 Å². The average molecular weight is 233 g/mol.